The number of hydrogen-bond acceptors (Lipinski definition) is 2. The molecule has 1 aliphatic rings. The third kappa shape index (κ3) is 4.15. The lowest BCUT2D eigenvalue weighted by atomic mass is 9.81. The van der Waals surface area contributed by atoms with Gasteiger partial charge in [0.25, 0.3) is 0 Å². The van der Waals surface area contributed by atoms with Crippen molar-refractivity contribution in [3.63, 3.8) is 0 Å². The molecule has 0 radical (unpaired) electrons. The maximum atomic E-state index is 4.04. The summed E-state index contributed by atoms with van der Waals surface area (Å²) in [5.41, 5.74) is 1.19. The second-order valence-corrected chi connectivity index (χ2v) is 5.82. The topological polar surface area (TPSA) is 40.7 Å². The number of H-pyrrole nitrogens is 1. The summed E-state index contributed by atoms with van der Waals surface area (Å²) in [7, 11) is 0. The first-order valence-corrected chi connectivity index (χ1v) is 6.94. The molecule has 0 spiro atoms. The van der Waals surface area contributed by atoms with E-state index in [0.29, 0.717) is 6.04 Å². The lowest BCUT2D eigenvalue weighted by Gasteiger charge is -2.30. The zero-order valence-electron chi connectivity index (χ0n) is 11.1. The van der Waals surface area contributed by atoms with E-state index in [1.54, 1.807) is 6.33 Å². The van der Waals surface area contributed by atoms with E-state index in [-0.39, 0.29) is 0 Å². The molecule has 0 bridgehead atoms. The molecule has 0 saturated heterocycles. The molecule has 2 N–H and O–H groups in total. The Morgan fingerprint density at radius 2 is 2.35 bits per heavy atom. The molecule has 1 heterocycles. The average Bonchev–Trinajstić information content (AvgIpc) is 2.79. The Balaban J connectivity index is 1.73. The largest absolute Gasteiger partial charge is 0.347 e. The zero-order chi connectivity index (χ0) is 12.1. The minimum Gasteiger partial charge on any atom is -0.347 e. The van der Waals surface area contributed by atoms with Crippen molar-refractivity contribution >= 4 is 0 Å². The summed E-state index contributed by atoms with van der Waals surface area (Å²) in [6.07, 6.45) is 10.6. The van der Waals surface area contributed by atoms with Gasteiger partial charge in [0.05, 0.1) is 6.33 Å². The van der Waals surface area contributed by atoms with Gasteiger partial charge in [-0.2, -0.15) is 0 Å². The Labute approximate surface area is 104 Å². The van der Waals surface area contributed by atoms with Crippen molar-refractivity contribution in [2.75, 3.05) is 0 Å². The lowest BCUT2D eigenvalue weighted by molar-refractivity contribution is 0.251. The first-order valence-electron chi connectivity index (χ1n) is 6.94. The Morgan fingerprint density at radius 1 is 1.47 bits per heavy atom. The molecule has 3 heteroatoms. The number of nitrogens with zero attached hydrogens (tertiary/aromatic N) is 1. The monoisotopic (exact) mass is 235 g/mol. The standard InChI is InChI=1S/C14H25N3/c1-11(2)6-12-4-3-5-13(7-12)16-9-14-8-15-10-17-14/h8,10-13,16H,3-7,9H2,1-2H3,(H,15,17). The Hall–Kier alpha value is -0.830. The predicted molar refractivity (Wildman–Crippen MR) is 70.6 cm³/mol. The van der Waals surface area contributed by atoms with Crippen LogP contribution in [0.3, 0.4) is 0 Å². The summed E-state index contributed by atoms with van der Waals surface area (Å²) in [4.78, 5) is 7.19. The summed E-state index contributed by atoms with van der Waals surface area (Å²) >= 11 is 0. The van der Waals surface area contributed by atoms with Crippen LogP contribution in [0.25, 0.3) is 0 Å². The average molecular weight is 235 g/mol. The minimum atomic E-state index is 0.704. The van der Waals surface area contributed by atoms with Crippen LogP contribution in [0.1, 0.15) is 51.6 Å². The van der Waals surface area contributed by atoms with Crippen LogP contribution in [0.2, 0.25) is 0 Å². The molecule has 1 fully saturated rings. The fraction of sp³-hybridized carbons (Fsp3) is 0.786. The van der Waals surface area contributed by atoms with Gasteiger partial charge in [-0.15, -0.1) is 0 Å². The molecular formula is C14H25N3. The van der Waals surface area contributed by atoms with Crippen molar-refractivity contribution in [1.82, 2.24) is 15.3 Å². The zero-order valence-corrected chi connectivity index (χ0v) is 11.1. The number of imidazole rings is 1. The van der Waals surface area contributed by atoms with Crippen molar-refractivity contribution in [1.29, 1.82) is 0 Å². The highest BCUT2D eigenvalue weighted by atomic mass is 15.0. The molecule has 17 heavy (non-hydrogen) atoms. The van der Waals surface area contributed by atoms with Crippen LogP contribution in [-0.2, 0) is 6.54 Å². The first kappa shape index (κ1) is 12.6. The highest BCUT2D eigenvalue weighted by Crippen LogP contribution is 2.29. The Morgan fingerprint density at radius 3 is 3.06 bits per heavy atom. The van der Waals surface area contributed by atoms with Gasteiger partial charge < -0.3 is 10.3 Å². The summed E-state index contributed by atoms with van der Waals surface area (Å²) in [5, 5.41) is 3.66. The second kappa shape index (κ2) is 6.20. The van der Waals surface area contributed by atoms with Crippen LogP contribution in [0, 0.1) is 11.8 Å². The van der Waals surface area contributed by atoms with Gasteiger partial charge in [0.2, 0.25) is 0 Å². The van der Waals surface area contributed by atoms with Gasteiger partial charge in [-0.25, -0.2) is 4.98 Å². The van der Waals surface area contributed by atoms with Crippen molar-refractivity contribution in [3.8, 4) is 0 Å². The van der Waals surface area contributed by atoms with Gasteiger partial charge in [0.15, 0.2) is 0 Å². The molecule has 2 rings (SSSR count). The normalized spacial score (nSPS) is 25.4. The van der Waals surface area contributed by atoms with E-state index in [2.05, 4.69) is 29.1 Å². The van der Waals surface area contributed by atoms with E-state index in [4.69, 9.17) is 0 Å². The maximum absolute atomic E-state index is 4.04. The van der Waals surface area contributed by atoms with E-state index < -0.39 is 0 Å². The summed E-state index contributed by atoms with van der Waals surface area (Å²) in [5.74, 6) is 1.77. The maximum Gasteiger partial charge on any atom is 0.0922 e. The predicted octanol–water partition coefficient (Wildman–Crippen LogP) is 3.10. The van der Waals surface area contributed by atoms with E-state index >= 15 is 0 Å². The molecule has 1 aromatic heterocycles. The van der Waals surface area contributed by atoms with Gasteiger partial charge in [-0.3, -0.25) is 0 Å². The Bertz CT molecular complexity index is 305. The van der Waals surface area contributed by atoms with Crippen LogP contribution in [0.5, 0.6) is 0 Å². The summed E-state index contributed by atoms with van der Waals surface area (Å²) in [6.45, 7) is 5.60. The van der Waals surface area contributed by atoms with E-state index in [1.165, 1.54) is 37.8 Å². The molecule has 1 aromatic rings. The minimum absolute atomic E-state index is 0.704. The molecule has 3 nitrogen and oxygen atoms in total. The van der Waals surface area contributed by atoms with Crippen LogP contribution in [-0.4, -0.2) is 16.0 Å². The van der Waals surface area contributed by atoms with Crippen molar-refractivity contribution < 1.29 is 0 Å². The highest BCUT2D eigenvalue weighted by molar-refractivity contribution is 4.94. The van der Waals surface area contributed by atoms with Crippen LogP contribution >= 0.6 is 0 Å². The molecule has 2 atom stereocenters. The number of hydrogen-bond donors (Lipinski definition) is 2. The van der Waals surface area contributed by atoms with Crippen molar-refractivity contribution in [2.45, 2.75) is 58.5 Å². The molecule has 1 saturated carbocycles. The second-order valence-electron chi connectivity index (χ2n) is 5.82. The fourth-order valence-corrected chi connectivity index (χ4v) is 2.99. The van der Waals surface area contributed by atoms with Gasteiger partial charge in [0.1, 0.15) is 0 Å². The summed E-state index contributed by atoms with van der Waals surface area (Å²) in [6, 6.07) is 0.704. The number of nitrogens with one attached hydrogen (secondary N) is 2. The first-order chi connectivity index (χ1) is 8.24. The molecule has 96 valence electrons. The Kier molecular flexibility index (Phi) is 4.60. The van der Waals surface area contributed by atoms with Gasteiger partial charge in [-0.1, -0.05) is 26.7 Å². The number of rotatable bonds is 5. The lowest BCUT2D eigenvalue weighted by Crippen LogP contribution is -2.34. The molecule has 0 aliphatic heterocycles. The van der Waals surface area contributed by atoms with Gasteiger partial charge >= 0.3 is 0 Å². The van der Waals surface area contributed by atoms with Crippen molar-refractivity contribution in [3.05, 3.63) is 18.2 Å². The highest BCUT2D eigenvalue weighted by Gasteiger charge is 2.22. The van der Waals surface area contributed by atoms with E-state index in [9.17, 15) is 0 Å². The quantitative estimate of drug-likeness (QED) is 0.823. The third-order valence-corrected chi connectivity index (χ3v) is 3.72. The van der Waals surface area contributed by atoms with Crippen LogP contribution in [0.4, 0.5) is 0 Å². The number of aromatic amines is 1. The number of aromatic nitrogens is 2. The van der Waals surface area contributed by atoms with Crippen LogP contribution in [0.15, 0.2) is 12.5 Å². The molecule has 1 aliphatic carbocycles. The van der Waals surface area contributed by atoms with Gasteiger partial charge in [0, 0.05) is 24.5 Å². The van der Waals surface area contributed by atoms with Crippen LogP contribution < -0.4 is 5.32 Å². The smallest absolute Gasteiger partial charge is 0.0922 e. The SMILES string of the molecule is CC(C)CC1CCCC(NCc2cnc[nH]2)C1. The summed E-state index contributed by atoms with van der Waals surface area (Å²) < 4.78 is 0. The fourth-order valence-electron chi connectivity index (χ4n) is 2.99. The van der Waals surface area contributed by atoms with Crippen molar-refractivity contribution in [2.24, 2.45) is 11.8 Å². The molecule has 0 amide bonds. The molecule has 0 aromatic carbocycles. The van der Waals surface area contributed by atoms with Gasteiger partial charge in [-0.05, 0) is 31.1 Å². The van der Waals surface area contributed by atoms with E-state index in [0.717, 1.165) is 18.4 Å². The molecular weight excluding hydrogens is 210 g/mol. The van der Waals surface area contributed by atoms with E-state index in [1.807, 2.05) is 6.20 Å². The molecule has 2 unspecified atom stereocenters. The third-order valence-electron chi connectivity index (χ3n) is 3.72.